The number of hydrogen-bond donors (Lipinski definition) is 2. The Balaban J connectivity index is 2.39. The molecule has 2 aromatic carbocycles. The van der Waals surface area contributed by atoms with Gasteiger partial charge in [-0.1, -0.05) is 47.5 Å². The summed E-state index contributed by atoms with van der Waals surface area (Å²) in [6, 6.07) is 13.8. The average molecular weight is 277 g/mol. The van der Waals surface area contributed by atoms with E-state index >= 15 is 0 Å². The van der Waals surface area contributed by atoms with Gasteiger partial charge in [0.1, 0.15) is 5.75 Å². The SMILES string of the molecule is COc1cc(C(NN)c2ccc(C)cc2)ccc1Cl. The topological polar surface area (TPSA) is 47.3 Å². The Morgan fingerprint density at radius 2 is 1.74 bits per heavy atom. The van der Waals surface area contributed by atoms with Gasteiger partial charge in [0.25, 0.3) is 0 Å². The fourth-order valence-corrected chi connectivity index (χ4v) is 2.19. The van der Waals surface area contributed by atoms with E-state index in [1.807, 2.05) is 18.2 Å². The van der Waals surface area contributed by atoms with E-state index in [1.165, 1.54) is 5.56 Å². The van der Waals surface area contributed by atoms with Crippen molar-refractivity contribution in [3.63, 3.8) is 0 Å². The van der Waals surface area contributed by atoms with E-state index in [2.05, 4.69) is 36.6 Å². The molecule has 0 spiro atoms. The van der Waals surface area contributed by atoms with Crippen LogP contribution >= 0.6 is 11.6 Å². The van der Waals surface area contributed by atoms with Crippen LogP contribution in [0.4, 0.5) is 0 Å². The first-order valence-electron chi connectivity index (χ1n) is 6.02. The number of hydrazine groups is 1. The monoisotopic (exact) mass is 276 g/mol. The number of halogens is 1. The molecule has 0 aliphatic heterocycles. The fourth-order valence-electron chi connectivity index (χ4n) is 2.00. The minimum atomic E-state index is -0.0910. The third kappa shape index (κ3) is 3.07. The van der Waals surface area contributed by atoms with Gasteiger partial charge in [0, 0.05) is 0 Å². The quantitative estimate of drug-likeness (QED) is 0.666. The molecule has 1 atom stereocenters. The first kappa shape index (κ1) is 13.9. The van der Waals surface area contributed by atoms with Crippen molar-refractivity contribution in [2.24, 2.45) is 5.84 Å². The van der Waals surface area contributed by atoms with Gasteiger partial charge in [0.15, 0.2) is 0 Å². The Kier molecular flexibility index (Phi) is 4.43. The number of hydrogen-bond acceptors (Lipinski definition) is 3. The van der Waals surface area contributed by atoms with E-state index in [0.29, 0.717) is 10.8 Å². The molecule has 0 bridgehead atoms. The van der Waals surface area contributed by atoms with Crippen molar-refractivity contribution in [3.05, 3.63) is 64.2 Å². The largest absolute Gasteiger partial charge is 0.495 e. The van der Waals surface area contributed by atoms with Gasteiger partial charge >= 0.3 is 0 Å². The van der Waals surface area contributed by atoms with Gasteiger partial charge in [-0.25, -0.2) is 5.43 Å². The van der Waals surface area contributed by atoms with Crippen molar-refractivity contribution < 1.29 is 4.74 Å². The molecule has 0 aliphatic rings. The summed E-state index contributed by atoms with van der Waals surface area (Å²) in [6.45, 7) is 2.06. The standard InChI is InChI=1S/C15H17ClN2O/c1-10-3-5-11(6-4-10)15(18-17)12-7-8-13(16)14(9-12)19-2/h3-9,15,18H,17H2,1-2H3. The number of rotatable bonds is 4. The maximum absolute atomic E-state index is 6.03. The molecule has 0 fully saturated rings. The smallest absolute Gasteiger partial charge is 0.137 e. The number of benzene rings is 2. The Morgan fingerprint density at radius 3 is 2.32 bits per heavy atom. The van der Waals surface area contributed by atoms with Crippen LogP contribution in [0.15, 0.2) is 42.5 Å². The number of nitrogens with two attached hydrogens (primary N) is 1. The zero-order valence-electron chi connectivity index (χ0n) is 11.0. The van der Waals surface area contributed by atoms with Gasteiger partial charge in [-0.05, 0) is 30.2 Å². The number of ether oxygens (including phenoxy) is 1. The van der Waals surface area contributed by atoms with Gasteiger partial charge in [0.2, 0.25) is 0 Å². The van der Waals surface area contributed by atoms with Crippen molar-refractivity contribution in [2.45, 2.75) is 13.0 Å². The van der Waals surface area contributed by atoms with Crippen LogP contribution in [0.3, 0.4) is 0 Å². The van der Waals surface area contributed by atoms with E-state index in [-0.39, 0.29) is 6.04 Å². The van der Waals surface area contributed by atoms with E-state index in [1.54, 1.807) is 7.11 Å². The Bertz CT molecular complexity index is 555. The summed E-state index contributed by atoms with van der Waals surface area (Å²) >= 11 is 6.03. The van der Waals surface area contributed by atoms with Crippen LogP contribution < -0.4 is 16.0 Å². The molecule has 3 nitrogen and oxygen atoms in total. The molecule has 1 unspecified atom stereocenters. The van der Waals surface area contributed by atoms with Crippen LogP contribution in [0.25, 0.3) is 0 Å². The number of aryl methyl sites for hydroxylation is 1. The van der Waals surface area contributed by atoms with E-state index in [9.17, 15) is 0 Å². The molecule has 2 aromatic rings. The summed E-state index contributed by atoms with van der Waals surface area (Å²) in [5, 5.41) is 0.589. The summed E-state index contributed by atoms with van der Waals surface area (Å²) in [7, 11) is 1.60. The Labute approximate surface area is 118 Å². The molecular weight excluding hydrogens is 260 g/mol. The molecular formula is C15H17ClN2O. The van der Waals surface area contributed by atoms with Crippen molar-refractivity contribution in [3.8, 4) is 5.75 Å². The number of nitrogens with one attached hydrogen (secondary N) is 1. The van der Waals surface area contributed by atoms with Crippen molar-refractivity contribution in [1.29, 1.82) is 0 Å². The van der Waals surface area contributed by atoms with Gasteiger partial charge in [-0.2, -0.15) is 0 Å². The normalized spacial score (nSPS) is 12.2. The van der Waals surface area contributed by atoms with Crippen LogP contribution in [0.1, 0.15) is 22.7 Å². The summed E-state index contributed by atoms with van der Waals surface area (Å²) in [5.74, 6) is 6.33. The van der Waals surface area contributed by atoms with E-state index < -0.39 is 0 Å². The first-order chi connectivity index (χ1) is 9.15. The second kappa shape index (κ2) is 6.06. The zero-order chi connectivity index (χ0) is 13.8. The lowest BCUT2D eigenvalue weighted by atomic mass is 9.98. The van der Waals surface area contributed by atoms with Gasteiger partial charge < -0.3 is 4.74 Å². The minimum absolute atomic E-state index is 0.0910. The highest BCUT2D eigenvalue weighted by molar-refractivity contribution is 6.32. The molecule has 2 rings (SSSR count). The second-order valence-corrected chi connectivity index (χ2v) is 4.81. The molecule has 0 radical (unpaired) electrons. The molecule has 0 saturated heterocycles. The van der Waals surface area contributed by atoms with Crippen molar-refractivity contribution in [2.75, 3.05) is 7.11 Å². The second-order valence-electron chi connectivity index (χ2n) is 4.40. The van der Waals surface area contributed by atoms with Gasteiger partial charge in [-0.3, -0.25) is 5.84 Å². The summed E-state index contributed by atoms with van der Waals surface area (Å²) in [5.41, 5.74) is 6.14. The van der Waals surface area contributed by atoms with E-state index in [4.69, 9.17) is 22.2 Å². The van der Waals surface area contributed by atoms with Crippen LogP contribution in [0.2, 0.25) is 5.02 Å². The molecule has 0 heterocycles. The van der Waals surface area contributed by atoms with Crippen LogP contribution in [-0.4, -0.2) is 7.11 Å². The summed E-state index contributed by atoms with van der Waals surface area (Å²) in [6.07, 6.45) is 0. The molecule has 0 amide bonds. The van der Waals surface area contributed by atoms with Gasteiger partial charge in [0.05, 0.1) is 18.2 Å². The third-order valence-electron chi connectivity index (χ3n) is 3.09. The predicted octanol–water partition coefficient (Wildman–Crippen LogP) is 3.21. The van der Waals surface area contributed by atoms with Crippen molar-refractivity contribution in [1.82, 2.24) is 5.43 Å². The third-order valence-corrected chi connectivity index (χ3v) is 3.40. The van der Waals surface area contributed by atoms with Crippen molar-refractivity contribution >= 4 is 11.6 Å². The average Bonchev–Trinajstić information content (AvgIpc) is 2.43. The number of methoxy groups -OCH3 is 1. The van der Waals surface area contributed by atoms with E-state index in [0.717, 1.165) is 11.1 Å². The van der Waals surface area contributed by atoms with Crippen LogP contribution in [0, 0.1) is 6.92 Å². The zero-order valence-corrected chi connectivity index (χ0v) is 11.7. The fraction of sp³-hybridized carbons (Fsp3) is 0.200. The molecule has 19 heavy (non-hydrogen) atoms. The molecule has 100 valence electrons. The lowest BCUT2D eigenvalue weighted by Crippen LogP contribution is -2.28. The highest BCUT2D eigenvalue weighted by Gasteiger charge is 2.14. The summed E-state index contributed by atoms with van der Waals surface area (Å²) < 4.78 is 5.23. The van der Waals surface area contributed by atoms with Crippen LogP contribution in [0.5, 0.6) is 5.75 Å². The Hall–Kier alpha value is -1.55. The van der Waals surface area contributed by atoms with Crippen LogP contribution in [-0.2, 0) is 0 Å². The molecule has 0 aromatic heterocycles. The first-order valence-corrected chi connectivity index (χ1v) is 6.39. The predicted molar refractivity (Wildman–Crippen MR) is 78.3 cm³/mol. The lowest BCUT2D eigenvalue weighted by molar-refractivity contribution is 0.414. The molecule has 3 N–H and O–H groups in total. The minimum Gasteiger partial charge on any atom is -0.495 e. The lowest BCUT2D eigenvalue weighted by Gasteiger charge is -2.18. The van der Waals surface area contributed by atoms with Gasteiger partial charge in [-0.15, -0.1) is 0 Å². The molecule has 4 heteroatoms. The molecule has 0 saturated carbocycles. The summed E-state index contributed by atoms with van der Waals surface area (Å²) in [4.78, 5) is 0. The maximum Gasteiger partial charge on any atom is 0.137 e. The highest BCUT2D eigenvalue weighted by atomic mass is 35.5. The molecule has 0 aliphatic carbocycles. The maximum atomic E-state index is 6.03. The highest BCUT2D eigenvalue weighted by Crippen LogP contribution is 2.30. The Morgan fingerprint density at radius 1 is 1.11 bits per heavy atom.